The van der Waals surface area contributed by atoms with Crippen molar-refractivity contribution in [2.24, 2.45) is 10.8 Å². The van der Waals surface area contributed by atoms with Crippen LogP contribution in [0.4, 0.5) is 0 Å². The Morgan fingerprint density at radius 1 is 1.04 bits per heavy atom. The number of rotatable bonds is 8. The Balaban J connectivity index is 2.78. The molecule has 0 aromatic heterocycles. The SMILES string of the molecule is CCCC(C)(C)C(C)(CCC)C(=O)OOC(=O)C1(C)OOC1CC. The highest BCUT2D eigenvalue weighted by Gasteiger charge is 2.56. The van der Waals surface area contributed by atoms with Crippen LogP contribution < -0.4 is 0 Å². The zero-order valence-corrected chi connectivity index (χ0v) is 16.1. The van der Waals surface area contributed by atoms with E-state index in [9.17, 15) is 9.59 Å². The van der Waals surface area contributed by atoms with Gasteiger partial charge in [-0.1, -0.05) is 47.5 Å². The van der Waals surface area contributed by atoms with Gasteiger partial charge in [0.2, 0.25) is 5.60 Å². The van der Waals surface area contributed by atoms with Crippen molar-refractivity contribution < 1.29 is 29.1 Å². The number of carbonyl (C=O) groups is 2. The van der Waals surface area contributed by atoms with Crippen LogP contribution in [0.5, 0.6) is 0 Å². The lowest BCUT2D eigenvalue weighted by atomic mass is 9.62. The molecule has 0 N–H and O–H groups in total. The van der Waals surface area contributed by atoms with Crippen LogP contribution in [-0.4, -0.2) is 23.6 Å². The van der Waals surface area contributed by atoms with E-state index in [4.69, 9.17) is 19.6 Å². The minimum absolute atomic E-state index is 0.271. The van der Waals surface area contributed by atoms with Gasteiger partial charge in [0.25, 0.3) is 0 Å². The van der Waals surface area contributed by atoms with E-state index in [1.54, 1.807) is 6.92 Å². The first-order valence-electron chi connectivity index (χ1n) is 8.87. The lowest BCUT2D eigenvalue weighted by molar-refractivity contribution is -0.496. The highest BCUT2D eigenvalue weighted by Crippen LogP contribution is 2.47. The molecule has 0 bridgehead atoms. The third-order valence-electron chi connectivity index (χ3n) is 5.49. The van der Waals surface area contributed by atoms with Crippen LogP contribution in [0.15, 0.2) is 0 Å². The molecule has 1 aliphatic rings. The first-order chi connectivity index (χ1) is 11.1. The molecule has 1 saturated heterocycles. The summed E-state index contributed by atoms with van der Waals surface area (Å²) in [7, 11) is 0. The Morgan fingerprint density at radius 2 is 1.62 bits per heavy atom. The van der Waals surface area contributed by atoms with E-state index in [1.807, 2.05) is 34.6 Å². The Kier molecular flexibility index (Phi) is 6.82. The summed E-state index contributed by atoms with van der Waals surface area (Å²) in [6.45, 7) is 13.5. The lowest BCUT2D eigenvalue weighted by Crippen LogP contribution is -2.60. The van der Waals surface area contributed by atoms with Crippen molar-refractivity contribution in [3.05, 3.63) is 0 Å². The molecule has 140 valence electrons. The van der Waals surface area contributed by atoms with Crippen molar-refractivity contribution in [1.29, 1.82) is 0 Å². The molecule has 0 aromatic carbocycles. The van der Waals surface area contributed by atoms with Crippen molar-refractivity contribution in [3.8, 4) is 0 Å². The van der Waals surface area contributed by atoms with Crippen LogP contribution in [0.2, 0.25) is 0 Å². The van der Waals surface area contributed by atoms with Crippen LogP contribution in [-0.2, 0) is 29.1 Å². The van der Waals surface area contributed by atoms with Gasteiger partial charge in [-0.2, -0.15) is 0 Å². The molecule has 6 heteroatoms. The second-order valence-corrected chi connectivity index (χ2v) is 7.64. The molecule has 6 nitrogen and oxygen atoms in total. The normalized spacial score (nSPS) is 26.2. The molecule has 0 aliphatic carbocycles. The fourth-order valence-corrected chi connectivity index (χ4v) is 3.25. The molecule has 0 saturated carbocycles. The zero-order chi connectivity index (χ0) is 18.6. The van der Waals surface area contributed by atoms with Crippen LogP contribution in [0.1, 0.15) is 80.6 Å². The number of carbonyl (C=O) groups excluding carboxylic acids is 2. The summed E-state index contributed by atoms with van der Waals surface area (Å²) in [6.07, 6.45) is 3.52. The summed E-state index contributed by atoms with van der Waals surface area (Å²) < 4.78 is 0. The smallest absolute Gasteiger partial charge is 0.247 e. The second-order valence-electron chi connectivity index (χ2n) is 7.64. The quantitative estimate of drug-likeness (QED) is 0.487. The zero-order valence-electron chi connectivity index (χ0n) is 16.1. The van der Waals surface area contributed by atoms with Crippen LogP contribution in [0, 0.1) is 10.8 Å². The third kappa shape index (κ3) is 3.75. The first-order valence-corrected chi connectivity index (χ1v) is 8.87. The van der Waals surface area contributed by atoms with Gasteiger partial charge in [-0.15, -0.1) is 0 Å². The molecule has 1 fully saturated rings. The molecule has 1 heterocycles. The summed E-state index contributed by atoms with van der Waals surface area (Å²) in [5, 5.41) is 0. The molecule has 0 aromatic rings. The highest BCUT2D eigenvalue weighted by atomic mass is 17.3. The van der Waals surface area contributed by atoms with Crippen molar-refractivity contribution in [2.45, 2.75) is 92.3 Å². The van der Waals surface area contributed by atoms with E-state index < -0.39 is 29.1 Å². The molecule has 3 atom stereocenters. The molecule has 1 aliphatic heterocycles. The predicted molar refractivity (Wildman–Crippen MR) is 88.5 cm³/mol. The summed E-state index contributed by atoms with van der Waals surface area (Å²) in [6, 6.07) is 0. The topological polar surface area (TPSA) is 71.1 Å². The number of hydrogen-bond donors (Lipinski definition) is 0. The fraction of sp³-hybridized carbons (Fsp3) is 0.889. The summed E-state index contributed by atoms with van der Waals surface area (Å²) in [4.78, 5) is 44.4. The monoisotopic (exact) mass is 344 g/mol. The molecule has 3 unspecified atom stereocenters. The maximum absolute atomic E-state index is 12.7. The van der Waals surface area contributed by atoms with Gasteiger partial charge >= 0.3 is 11.9 Å². The largest absolute Gasteiger partial charge is 0.392 e. The van der Waals surface area contributed by atoms with Gasteiger partial charge in [-0.25, -0.2) is 29.1 Å². The average Bonchev–Trinajstić information content (AvgIpc) is 2.50. The van der Waals surface area contributed by atoms with Gasteiger partial charge in [0.15, 0.2) is 0 Å². The lowest BCUT2D eigenvalue weighted by Gasteiger charge is -2.42. The maximum Gasteiger partial charge on any atom is 0.392 e. The molecule has 1 rings (SSSR count). The van der Waals surface area contributed by atoms with Gasteiger partial charge in [0.05, 0.1) is 5.41 Å². The van der Waals surface area contributed by atoms with Crippen molar-refractivity contribution in [1.82, 2.24) is 0 Å². The molecule has 24 heavy (non-hydrogen) atoms. The van der Waals surface area contributed by atoms with Crippen molar-refractivity contribution in [2.75, 3.05) is 0 Å². The van der Waals surface area contributed by atoms with Crippen LogP contribution in [0.3, 0.4) is 0 Å². The molecule has 0 amide bonds. The minimum atomic E-state index is -1.23. The molecule has 0 spiro atoms. The van der Waals surface area contributed by atoms with Gasteiger partial charge in [0, 0.05) is 0 Å². The van der Waals surface area contributed by atoms with E-state index >= 15 is 0 Å². The van der Waals surface area contributed by atoms with E-state index in [2.05, 4.69) is 6.92 Å². The predicted octanol–water partition coefficient (Wildman–Crippen LogP) is 4.12. The summed E-state index contributed by atoms with van der Waals surface area (Å²) in [5.74, 6) is -1.27. The van der Waals surface area contributed by atoms with Crippen molar-refractivity contribution >= 4 is 11.9 Å². The third-order valence-corrected chi connectivity index (χ3v) is 5.49. The van der Waals surface area contributed by atoms with E-state index in [0.717, 1.165) is 19.3 Å². The van der Waals surface area contributed by atoms with E-state index in [-0.39, 0.29) is 5.41 Å². The van der Waals surface area contributed by atoms with Crippen LogP contribution in [0.25, 0.3) is 0 Å². The molecular formula is C18H32O6. The number of hydrogen-bond acceptors (Lipinski definition) is 6. The highest BCUT2D eigenvalue weighted by molar-refractivity contribution is 5.82. The Morgan fingerprint density at radius 3 is 2.04 bits per heavy atom. The fourth-order valence-electron chi connectivity index (χ4n) is 3.25. The van der Waals surface area contributed by atoms with Crippen LogP contribution >= 0.6 is 0 Å². The van der Waals surface area contributed by atoms with Gasteiger partial charge in [-0.05, 0) is 38.5 Å². The first kappa shape index (κ1) is 20.9. The Hall–Kier alpha value is -1.14. The summed E-state index contributed by atoms with van der Waals surface area (Å²) in [5.41, 5.74) is -2.23. The second kappa shape index (κ2) is 7.83. The average molecular weight is 344 g/mol. The Bertz CT molecular complexity index is 458. The maximum atomic E-state index is 12.7. The van der Waals surface area contributed by atoms with Gasteiger partial charge < -0.3 is 0 Å². The minimum Gasteiger partial charge on any atom is -0.247 e. The van der Waals surface area contributed by atoms with E-state index in [0.29, 0.717) is 12.8 Å². The molecular weight excluding hydrogens is 312 g/mol. The summed E-state index contributed by atoms with van der Waals surface area (Å²) >= 11 is 0. The van der Waals surface area contributed by atoms with Gasteiger partial charge in [0.1, 0.15) is 6.10 Å². The standard InChI is InChI=1S/C18H32O6/c1-8-11-16(4,5)17(6,12-9-2)14(19)22-23-15(20)18(7)13(10-3)21-24-18/h13H,8-12H2,1-7H3. The molecule has 0 radical (unpaired) electrons. The van der Waals surface area contributed by atoms with E-state index in [1.165, 1.54) is 0 Å². The Labute approximate surface area is 145 Å². The van der Waals surface area contributed by atoms with Crippen molar-refractivity contribution in [3.63, 3.8) is 0 Å². The van der Waals surface area contributed by atoms with Gasteiger partial charge in [-0.3, -0.25) is 0 Å².